The van der Waals surface area contributed by atoms with Crippen molar-refractivity contribution in [3.8, 4) is 0 Å². The minimum absolute atomic E-state index is 0.0741. The Balaban J connectivity index is 0.000000344. The Hall–Kier alpha value is -1.70. The van der Waals surface area contributed by atoms with Crippen molar-refractivity contribution in [1.29, 1.82) is 0 Å². The summed E-state index contributed by atoms with van der Waals surface area (Å²) in [5, 5.41) is 0. The van der Waals surface area contributed by atoms with E-state index >= 15 is 0 Å². The summed E-state index contributed by atoms with van der Waals surface area (Å²) in [7, 11) is -4.00. The molecule has 0 aliphatic rings. The molecule has 1 aromatic rings. The van der Waals surface area contributed by atoms with Crippen molar-refractivity contribution in [3.63, 3.8) is 0 Å². The molecule has 0 aliphatic carbocycles. The fourth-order valence-corrected chi connectivity index (χ4v) is 1.37. The normalized spacial score (nSPS) is 10.1. The Labute approximate surface area is 112 Å². The molecule has 0 saturated carbocycles. The summed E-state index contributed by atoms with van der Waals surface area (Å²) in [5.41, 5.74) is 5.48. The van der Waals surface area contributed by atoms with Crippen LogP contribution in [0.1, 0.15) is 6.92 Å². The van der Waals surface area contributed by atoms with Gasteiger partial charge in [-0.2, -0.15) is 8.42 Å². The van der Waals surface area contributed by atoms with Crippen LogP contribution < -0.4 is 5.73 Å². The third-order valence-electron chi connectivity index (χ3n) is 1.74. The summed E-state index contributed by atoms with van der Waals surface area (Å²) >= 11 is 0. The SMILES string of the molecule is C=C(C)C(=O)OCCN.O=S(=O)(O)c1ccccc1. The molecule has 19 heavy (non-hydrogen) atoms. The van der Waals surface area contributed by atoms with Gasteiger partial charge in [0, 0.05) is 12.1 Å². The van der Waals surface area contributed by atoms with Gasteiger partial charge in [0.15, 0.2) is 0 Å². The van der Waals surface area contributed by atoms with Gasteiger partial charge in [-0.05, 0) is 19.1 Å². The van der Waals surface area contributed by atoms with Gasteiger partial charge in [-0.25, -0.2) is 4.79 Å². The third kappa shape index (κ3) is 8.09. The number of carbonyl (C=O) groups excluding carboxylic acids is 1. The Morgan fingerprint density at radius 3 is 2.21 bits per heavy atom. The van der Waals surface area contributed by atoms with Crippen molar-refractivity contribution in [3.05, 3.63) is 42.5 Å². The molecule has 106 valence electrons. The van der Waals surface area contributed by atoms with Gasteiger partial charge in [0.25, 0.3) is 10.1 Å². The molecule has 6 nitrogen and oxygen atoms in total. The molecule has 0 amide bonds. The van der Waals surface area contributed by atoms with Gasteiger partial charge in [0.1, 0.15) is 6.61 Å². The average molecular weight is 287 g/mol. The summed E-state index contributed by atoms with van der Waals surface area (Å²) in [6.07, 6.45) is 0. The fraction of sp³-hybridized carbons (Fsp3) is 0.250. The van der Waals surface area contributed by atoms with E-state index in [9.17, 15) is 13.2 Å². The number of carbonyl (C=O) groups is 1. The molecule has 0 bridgehead atoms. The van der Waals surface area contributed by atoms with Gasteiger partial charge in [-0.1, -0.05) is 24.8 Å². The second-order valence-corrected chi connectivity index (χ2v) is 4.91. The number of benzene rings is 1. The van der Waals surface area contributed by atoms with Crippen molar-refractivity contribution in [2.24, 2.45) is 5.73 Å². The van der Waals surface area contributed by atoms with Crippen molar-refractivity contribution >= 4 is 16.1 Å². The van der Waals surface area contributed by atoms with Crippen LogP contribution in [-0.2, 0) is 19.6 Å². The lowest BCUT2D eigenvalue weighted by atomic mass is 10.4. The molecular weight excluding hydrogens is 270 g/mol. The lowest BCUT2D eigenvalue weighted by molar-refractivity contribution is -0.138. The summed E-state index contributed by atoms with van der Waals surface area (Å²) in [4.78, 5) is 10.5. The summed E-state index contributed by atoms with van der Waals surface area (Å²) in [5.74, 6) is -0.375. The average Bonchev–Trinajstić information content (AvgIpc) is 2.36. The maximum absolute atomic E-state index is 10.5. The Morgan fingerprint density at radius 2 is 1.89 bits per heavy atom. The zero-order chi connectivity index (χ0) is 14.9. The highest BCUT2D eigenvalue weighted by Crippen LogP contribution is 2.05. The molecule has 1 aromatic carbocycles. The second-order valence-electron chi connectivity index (χ2n) is 3.49. The number of rotatable bonds is 4. The highest BCUT2D eigenvalue weighted by Gasteiger charge is 2.05. The fourth-order valence-electron chi connectivity index (χ4n) is 0.867. The highest BCUT2D eigenvalue weighted by atomic mass is 32.2. The van der Waals surface area contributed by atoms with Crippen molar-refractivity contribution in [2.45, 2.75) is 11.8 Å². The van der Waals surface area contributed by atoms with Gasteiger partial charge in [0.05, 0.1) is 4.90 Å². The van der Waals surface area contributed by atoms with Crippen LogP contribution in [0.2, 0.25) is 0 Å². The predicted octanol–water partition coefficient (Wildman–Crippen LogP) is 0.998. The van der Waals surface area contributed by atoms with Crippen LogP contribution in [-0.4, -0.2) is 32.1 Å². The van der Waals surface area contributed by atoms with Crippen molar-refractivity contribution in [1.82, 2.24) is 0 Å². The van der Waals surface area contributed by atoms with Crippen molar-refractivity contribution in [2.75, 3.05) is 13.2 Å². The van der Waals surface area contributed by atoms with Crippen LogP contribution in [0.5, 0.6) is 0 Å². The van der Waals surface area contributed by atoms with Gasteiger partial charge in [-0.3, -0.25) is 4.55 Å². The maximum Gasteiger partial charge on any atom is 0.333 e. The molecule has 0 heterocycles. The summed E-state index contributed by atoms with van der Waals surface area (Å²) < 4.78 is 33.8. The monoisotopic (exact) mass is 287 g/mol. The molecule has 0 unspecified atom stereocenters. The molecule has 1 rings (SSSR count). The topological polar surface area (TPSA) is 107 Å². The molecule has 0 fully saturated rings. The molecule has 0 spiro atoms. The van der Waals surface area contributed by atoms with Crippen LogP contribution in [0.3, 0.4) is 0 Å². The van der Waals surface area contributed by atoms with Gasteiger partial charge >= 0.3 is 5.97 Å². The van der Waals surface area contributed by atoms with Crippen LogP contribution >= 0.6 is 0 Å². The molecule has 0 atom stereocenters. The predicted molar refractivity (Wildman–Crippen MR) is 71.1 cm³/mol. The second kappa shape index (κ2) is 8.41. The van der Waals surface area contributed by atoms with E-state index in [4.69, 9.17) is 10.3 Å². The molecule has 0 saturated heterocycles. The van der Waals surface area contributed by atoms with E-state index in [1.165, 1.54) is 12.1 Å². The Kier molecular flexibility index (Phi) is 7.66. The van der Waals surface area contributed by atoms with Crippen LogP contribution in [0, 0.1) is 0 Å². The molecule has 7 heteroatoms. The minimum Gasteiger partial charge on any atom is -0.461 e. The van der Waals surface area contributed by atoms with E-state index in [1.54, 1.807) is 25.1 Å². The first-order chi connectivity index (χ1) is 8.79. The number of hydrogen-bond acceptors (Lipinski definition) is 5. The zero-order valence-electron chi connectivity index (χ0n) is 10.6. The summed E-state index contributed by atoms with van der Waals surface area (Å²) in [6, 6.07) is 7.42. The molecule has 0 aromatic heterocycles. The quantitative estimate of drug-likeness (QED) is 0.486. The van der Waals surface area contributed by atoms with E-state index in [1.807, 2.05) is 0 Å². The highest BCUT2D eigenvalue weighted by molar-refractivity contribution is 7.85. The maximum atomic E-state index is 10.5. The van der Waals surface area contributed by atoms with Crippen LogP contribution in [0.25, 0.3) is 0 Å². The van der Waals surface area contributed by atoms with E-state index in [-0.39, 0.29) is 17.5 Å². The van der Waals surface area contributed by atoms with E-state index in [2.05, 4.69) is 11.3 Å². The first-order valence-electron chi connectivity index (χ1n) is 5.34. The Bertz CT molecular complexity index is 510. The van der Waals surface area contributed by atoms with Gasteiger partial charge in [0.2, 0.25) is 0 Å². The molecule has 0 radical (unpaired) electrons. The number of hydrogen-bond donors (Lipinski definition) is 2. The largest absolute Gasteiger partial charge is 0.461 e. The minimum atomic E-state index is -4.00. The van der Waals surface area contributed by atoms with Crippen molar-refractivity contribution < 1.29 is 22.5 Å². The third-order valence-corrected chi connectivity index (χ3v) is 2.61. The number of nitrogens with two attached hydrogens (primary N) is 1. The number of esters is 1. The van der Waals surface area contributed by atoms with E-state index in [0.29, 0.717) is 12.1 Å². The summed E-state index contributed by atoms with van der Waals surface area (Å²) in [6.45, 7) is 5.62. The zero-order valence-corrected chi connectivity index (χ0v) is 11.4. The first-order valence-corrected chi connectivity index (χ1v) is 6.78. The van der Waals surface area contributed by atoms with Gasteiger partial charge < -0.3 is 10.5 Å². The van der Waals surface area contributed by atoms with Crippen LogP contribution in [0.15, 0.2) is 47.4 Å². The van der Waals surface area contributed by atoms with E-state index < -0.39 is 10.1 Å². The first kappa shape index (κ1) is 17.3. The number of ether oxygens (including phenoxy) is 1. The van der Waals surface area contributed by atoms with Crippen LogP contribution in [0.4, 0.5) is 0 Å². The smallest absolute Gasteiger partial charge is 0.333 e. The molecular formula is C12H17NO5S. The molecule has 0 aliphatic heterocycles. The standard InChI is InChI=1S/C6H11NO2.C6H6O3S/c1-5(2)6(8)9-4-3-7;7-10(8,9)6-4-2-1-3-5-6/h1,3-4,7H2,2H3;1-5H,(H,7,8,9). The molecule has 3 N–H and O–H groups in total. The lowest BCUT2D eigenvalue weighted by Crippen LogP contribution is -2.13. The van der Waals surface area contributed by atoms with E-state index in [0.717, 1.165) is 0 Å². The Morgan fingerprint density at radius 1 is 1.37 bits per heavy atom. The van der Waals surface area contributed by atoms with Gasteiger partial charge in [-0.15, -0.1) is 0 Å². The lowest BCUT2D eigenvalue weighted by Gasteiger charge is -1.99.